The van der Waals surface area contributed by atoms with Crippen molar-refractivity contribution in [2.24, 2.45) is 5.14 Å². The monoisotopic (exact) mass is 389 g/mol. The van der Waals surface area contributed by atoms with E-state index >= 15 is 0 Å². The number of sulfonamides is 1. The lowest BCUT2D eigenvalue weighted by atomic mass is 10.0. The molecular formula is C17H15N3O4S2. The van der Waals surface area contributed by atoms with Crippen LogP contribution in [-0.2, 0) is 10.0 Å². The minimum absolute atomic E-state index is 0.0184. The van der Waals surface area contributed by atoms with Crippen LogP contribution in [0.5, 0.6) is 5.75 Å². The molecule has 3 aromatic rings. The Morgan fingerprint density at radius 3 is 2.69 bits per heavy atom. The number of ketones is 1. The third-order valence-electron chi connectivity index (χ3n) is 3.60. The lowest BCUT2D eigenvalue weighted by Crippen LogP contribution is -2.12. The second-order valence-electron chi connectivity index (χ2n) is 5.56. The SMILES string of the molecule is Cc1cc(O)ccc1C(=O)c1cnc(Nc2cccc(S(N)(=O)=O)c2)s1. The van der Waals surface area contributed by atoms with Crippen molar-refractivity contribution in [2.45, 2.75) is 11.8 Å². The molecule has 0 aliphatic rings. The van der Waals surface area contributed by atoms with Gasteiger partial charge in [0.15, 0.2) is 5.13 Å². The van der Waals surface area contributed by atoms with E-state index in [1.807, 2.05) is 0 Å². The summed E-state index contributed by atoms with van der Waals surface area (Å²) in [7, 11) is -3.80. The van der Waals surface area contributed by atoms with E-state index in [9.17, 15) is 18.3 Å². The summed E-state index contributed by atoms with van der Waals surface area (Å²) in [4.78, 5) is 17.2. The molecule has 0 saturated heterocycles. The van der Waals surface area contributed by atoms with Gasteiger partial charge in [-0.2, -0.15) is 0 Å². The predicted octanol–water partition coefficient (Wildman–Crippen LogP) is 2.78. The maximum atomic E-state index is 12.6. The Bertz CT molecular complexity index is 1090. The van der Waals surface area contributed by atoms with E-state index in [0.29, 0.717) is 26.8 Å². The zero-order chi connectivity index (χ0) is 18.9. The molecule has 0 amide bonds. The molecule has 7 nitrogen and oxygen atoms in total. The molecule has 1 heterocycles. The Kier molecular flexibility index (Phi) is 4.77. The van der Waals surface area contributed by atoms with Gasteiger partial charge in [-0.3, -0.25) is 4.79 Å². The summed E-state index contributed by atoms with van der Waals surface area (Å²) in [6.07, 6.45) is 1.45. The molecule has 0 radical (unpaired) electrons. The molecule has 0 fully saturated rings. The van der Waals surface area contributed by atoms with Gasteiger partial charge in [-0.25, -0.2) is 18.5 Å². The van der Waals surface area contributed by atoms with E-state index < -0.39 is 10.0 Å². The van der Waals surface area contributed by atoms with Crippen molar-refractivity contribution in [3.8, 4) is 5.75 Å². The molecule has 0 bridgehead atoms. The first-order valence-corrected chi connectivity index (χ1v) is 9.80. The topological polar surface area (TPSA) is 122 Å². The molecule has 0 unspecified atom stereocenters. The van der Waals surface area contributed by atoms with E-state index in [-0.39, 0.29) is 16.4 Å². The predicted molar refractivity (Wildman–Crippen MR) is 99.5 cm³/mol. The van der Waals surface area contributed by atoms with Crippen LogP contribution in [0.2, 0.25) is 0 Å². The van der Waals surface area contributed by atoms with E-state index in [1.165, 1.54) is 30.5 Å². The van der Waals surface area contributed by atoms with Gasteiger partial charge in [-0.05, 0) is 48.9 Å². The fraction of sp³-hybridized carbons (Fsp3) is 0.0588. The molecule has 9 heteroatoms. The number of nitrogens with zero attached hydrogens (tertiary/aromatic N) is 1. The number of benzene rings is 2. The van der Waals surface area contributed by atoms with Crippen molar-refractivity contribution in [1.82, 2.24) is 4.98 Å². The normalized spacial score (nSPS) is 11.3. The number of aromatic hydroxyl groups is 1. The van der Waals surface area contributed by atoms with Gasteiger partial charge in [0.05, 0.1) is 16.0 Å². The Hall–Kier alpha value is -2.75. The van der Waals surface area contributed by atoms with Crippen molar-refractivity contribution in [3.63, 3.8) is 0 Å². The van der Waals surface area contributed by atoms with Crippen LogP contribution in [-0.4, -0.2) is 24.3 Å². The highest BCUT2D eigenvalue weighted by Crippen LogP contribution is 2.27. The van der Waals surface area contributed by atoms with Crippen molar-refractivity contribution >= 4 is 38.0 Å². The number of hydrogen-bond donors (Lipinski definition) is 3. The fourth-order valence-electron chi connectivity index (χ4n) is 2.35. The van der Waals surface area contributed by atoms with Crippen LogP contribution in [0.3, 0.4) is 0 Å². The Morgan fingerprint density at radius 2 is 2.00 bits per heavy atom. The number of phenolic OH excluding ortho intramolecular Hbond substituents is 1. The van der Waals surface area contributed by atoms with Crippen LogP contribution in [0.15, 0.2) is 53.6 Å². The summed E-state index contributed by atoms with van der Waals surface area (Å²) in [6.45, 7) is 1.74. The standard InChI is InChI=1S/C17H15N3O4S2/c1-10-7-12(21)5-6-14(10)16(22)15-9-19-17(25-15)20-11-3-2-4-13(8-11)26(18,23)24/h2-9,21H,1H3,(H,19,20)(H2,18,23,24). The average molecular weight is 389 g/mol. The highest BCUT2D eigenvalue weighted by atomic mass is 32.2. The van der Waals surface area contributed by atoms with E-state index in [1.54, 1.807) is 25.1 Å². The zero-order valence-electron chi connectivity index (χ0n) is 13.6. The number of primary sulfonamides is 1. The van der Waals surface area contributed by atoms with Crippen LogP contribution in [0.1, 0.15) is 20.8 Å². The summed E-state index contributed by atoms with van der Waals surface area (Å²) < 4.78 is 22.8. The van der Waals surface area contributed by atoms with Crippen molar-refractivity contribution in [3.05, 3.63) is 64.7 Å². The Labute approximate surface area is 154 Å². The lowest BCUT2D eigenvalue weighted by Gasteiger charge is -2.05. The summed E-state index contributed by atoms with van der Waals surface area (Å²) in [5.74, 6) is -0.105. The number of rotatable bonds is 5. The van der Waals surface area contributed by atoms with E-state index in [4.69, 9.17) is 5.14 Å². The molecule has 134 valence electrons. The number of anilines is 2. The molecule has 0 saturated carbocycles. The minimum atomic E-state index is -3.80. The average Bonchev–Trinajstić information content (AvgIpc) is 3.02. The smallest absolute Gasteiger partial charge is 0.238 e. The maximum absolute atomic E-state index is 12.6. The molecule has 26 heavy (non-hydrogen) atoms. The van der Waals surface area contributed by atoms with Gasteiger partial charge in [0, 0.05) is 11.3 Å². The second-order valence-corrected chi connectivity index (χ2v) is 8.15. The third-order valence-corrected chi connectivity index (χ3v) is 5.42. The first-order valence-electron chi connectivity index (χ1n) is 7.44. The molecule has 1 aromatic heterocycles. The number of thiazole rings is 1. The molecule has 0 spiro atoms. The van der Waals surface area contributed by atoms with Crippen molar-refractivity contribution < 1.29 is 18.3 Å². The number of carbonyl (C=O) groups is 1. The number of aryl methyl sites for hydroxylation is 1. The molecule has 0 aliphatic carbocycles. The summed E-state index contributed by atoms with van der Waals surface area (Å²) in [6, 6.07) is 10.6. The summed E-state index contributed by atoms with van der Waals surface area (Å²) >= 11 is 1.14. The van der Waals surface area contributed by atoms with Crippen LogP contribution in [0.4, 0.5) is 10.8 Å². The molecule has 2 aromatic carbocycles. The first kappa shape index (κ1) is 18.1. The fourth-order valence-corrected chi connectivity index (χ4v) is 3.70. The van der Waals surface area contributed by atoms with Gasteiger partial charge in [0.25, 0.3) is 0 Å². The molecule has 0 aliphatic heterocycles. The first-order chi connectivity index (χ1) is 12.2. The molecular weight excluding hydrogens is 374 g/mol. The maximum Gasteiger partial charge on any atom is 0.238 e. The number of aromatic nitrogens is 1. The van der Waals surface area contributed by atoms with Crippen molar-refractivity contribution in [2.75, 3.05) is 5.32 Å². The second kappa shape index (κ2) is 6.87. The van der Waals surface area contributed by atoms with Crippen LogP contribution in [0.25, 0.3) is 0 Å². The molecule has 3 rings (SSSR count). The quantitative estimate of drug-likeness (QED) is 0.577. The lowest BCUT2D eigenvalue weighted by molar-refractivity contribution is 0.104. The molecule has 4 N–H and O–H groups in total. The van der Waals surface area contributed by atoms with Crippen molar-refractivity contribution in [1.29, 1.82) is 0 Å². The van der Waals surface area contributed by atoms with E-state index in [2.05, 4.69) is 10.3 Å². The largest absolute Gasteiger partial charge is 0.508 e. The number of nitrogens with two attached hydrogens (primary N) is 1. The number of hydrogen-bond acceptors (Lipinski definition) is 7. The van der Waals surface area contributed by atoms with Gasteiger partial charge in [-0.1, -0.05) is 17.4 Å². The minimum Gasteiger partial charge on any atom is -0.508 e. The summed E-state index contributed by atoms with van der Waals surface area (Å²) in [5.41, 5.74) is 1.64. The van der Waals surface area contributed by atoms with Crippen LogP contribution in [0, 0.1) is 6.92 Å². The number of phenols is 1. The van der Waals surface area contributed by atoms with Gasteiger partial charge in [-0.15, -0.1) is 0 Å². The Morgan fingerprint density at radius 1 is 1.23 bits per heavy atom. The number of carbonyl (C=O) groups excluding carboxylic acids is 1. The van der Waals surface area contributed by atoms with Crippen LogP contribution < -0.4 is 10.5 Å². The highest BCUT2D eigenvalue weighted by Gasteiger charge is 2.16. The van der Waals surface area contributed by atoms with Gasteiger partial charge >= 0.3 is 0 Å². The summed E-state index contributed by atoms with van der Waals surface area (Å²) in [5, 5.41) is 18.0. The van der Waals surface area contributed by atoms with E-state index in [0.717, 1.165) is 11.3 Å². The van der Waals surface area contributed by atoms with Gasteiger partial charge in [0.2, 0.25) is 15.8 Å². The number of nitrogens with one attached hydrogen (secondary N) is 1. The van der Waals surface area contributed by atoms with Gasteiger partial charge in [0.1, 0.15) is 5.75 Å². The zero-order valence-corrected chi connectivity index (χ0v) is 15.3. The van der Waals surface area contributed by atoms with Crippen LogP contribution >= 0.6 is 11.3 Å². The molecule has 0 atom stereocenters. The Balaban J connectivity index is 1.83. The highest BCUT2D eigenvalue weighted by molar-refractivity contribution is 7.89. The van der Waals surface area contributed by atoms with Gasteiger partial charge < -0.3 is 10.4 Å². The third kappa shape index (κ3) is 3.90.